The topological polar surface area (TPSA) is 79.8 Å². The van der Waals surface area contributed by atoms with Crippen LogP contribution in [0.5, 0.6) is 0 Å². The number of aryl methyl sites for hydroxylation is 1. The summed E-state index contributed by atoms with van der Waals surface area (Å²) in [6, 6.07) is 9.41. The van der Waals surface area contributed by atoms with E-state index >= 15 is 0 Å². The molecule has 0 saturated carbocycles. The lowest BCUT2D eigenvalue weighted by molar-refractivity contribution is -0.115. The number of amides is 1. The fourth-order valence-electron chi connectivity index (χ4n) is 2.19. The summed E-state index contributed by atoms with van der Waals surface area (Å²) in [4.78, 5) is 16.4. The third kappa shape index (κ3) is 5.18. The van der Waals surface area contributed by atoms with Gasteiger partial charge in [-0.25, -0.2) is 4.98 Å². The van der Waals surface area contributed by atoms with Crippen LogP contribution < -0.4 is 10.6 Å². The van der Waals surface area contributed by atoms with Crippen molar-refractivity contribution in [2.75, 3.05) is 10.6 Å². The average molecular weight is 420 g/mol. The molecule has 0 saturated heterocycles. The van der Waals surface area contributed by atoms with Crippen LogP contribution >= 0.6 is 34.7 Å². The van der Waals surface area contributed by atoms with Crippen LogP contribution in [-0.2, 0) is 4.79 Å². The van der Waals surface area contributed by atoms with Gasteiger partial charge in [0.05, 0.1) is 10.3 Å². The molecule has 0 fully saturated rings. The van der Waals surface area contributed by atoms with Crippen LogP contribution in [0.1, 0.15) is 18.1 Å². The molecular formula is C18H18ClN5OS2. The first-order valence-corrected chi connectivity index (χ1v) is 10.3. The van der Waals surface area contributed by atoms with E-state index in [0.29, 0.717) is 16.0 Å². The number of hydrogen-bond donors (Lipinski definition) is 2. The SMILES string of the molecule is Cc1cccc(Nc2nnc(SC(C)C(=O)Nc3ccc(Cl)cn3)s2)c1C. The van der Waals surface area contributed by atoms with Gasteiger partial charge in [0.2, 0.25) is 11.0 Å². The van der Waals surface area contributed by atoms with Gasteiger partial charge in [-0.3, -0.25) is 4.79 Å². The summed E-state index contributed by atoms with van der Waals surface area (Å²) in [6.07, 6.45) is 1.49. The van der Waals surface area contributed by atoms with Gasteiger partial charge in [-0.15, -0.1) is 10.2 Å². The van der Waals surface area contributed by atoms with Crippen molar-refractivity contribution in [3.05, 3.63) is 52.7 Å². The number of thioether (sulfide) groups is 1. The van der Waals surface area contributed by atoms with Gasteiger partial charge >= 0.3 is 0 Å². The zero-order chi connectivity index (χ0) is 19.4. The van der Waals surface area contributed by atoms with E-state index in [9.17, 15) is 4.79 Å². The van der Waals surface area contributed by atoms with Crippen LogP contribution in [0.3, 0.4) is 0 Å². The number of pyridine rings is 1. The second-order valence-corrected chi connectivity index (χ2v) is 8.86. The summed E-state index contributed by atoms with van der Waals surface area (Å²) in [7, 11) is 0. The Labute approximate surface area is 170 Å². The van der Waals surface area contributed by atoms with Gasteiger partial charge in [-0.1, -0.05) is 46.8 Å². The van der Waals surface area contributed by atoms with Crippen molar-refractivity contribution < 1.29 is 4.79 Å². The summed E-state index contributed by atoms with van der Waals surface area (Å²) in [5.41, 5.74) is 3.38. The van der Waals surface area contributed by atoms with Crippen molar-refractivity contribution in [3.8, 4) is 0 Å². The molecule has 1 aromatic carbocycles. The highest BCUT2D eigenvalue weighted by Crippen LogP contribution is 2.31. The third-order valence-electron chi connectivity index (χ3n) is 3.88. The molecule has 0 radical (unpaired) electrons. The second kappa shape index (κ2) is 8.69. The number of aromatic nitrogens is 3. The van der Waals surface area contributed by atoms with Gasteiger partial charge in [0.1, 0.15) is 5.82 Å². The maximum absolute atomic E-state index is 12.3. The largest absolute Gasteiger partial charge is 0.330 e. The number of carbonyl (C=O) groups excluding carboxylic acids is 1. The molecule has 0 aliphatic heterocycles. The minimum Gasteiger partial charge on any atom is -0.330 e. The van der Waals surface area contributed by atoms with Crippen LogP contribution in [0.25, 0.3) is 0 Å². The second-order valence-electron chi connectivity index (χ2n) is 5.86. The molecule has 1 amide bonds. The molecule has 2 aromatic heterocycles. The minimum atomic E-state index is -0.344. The standard InChI is InChI=1S/C18H18ClN5OS2/c1-10-5-4-6-14(11(10)2)21-17-23-24-18(27-17)26-12(3)16(25)22-15-8-7-13(19)9-20-15/h4-9,12H,1-3H3,(H,21,23)(H,20,22,25). The zero-order valence-electron chi connectivity index (χ0n) is 15.0. The molecule has 1 atom stereocenters. The molecule has 0 spiro atoms. The summed E-state index contributed by atoms with van der Waals surface area (Å²) in [5, 5.41) is 15.2. The number of nitrogens with one attached hydrogen (secondary N) is 2. The Morgan fingerprint density at radius 1 is 1.22 bits per heavy atom. The lowest BCUT2D eigenvalue weighted by Gasteiger charge is -2.09. The fourth-order valence-corrected chi connectivity index (χ4v) is 4.21. The fraction of sp³-hybridized carbons (Fsp3) is 0.222. The van der Waals surface area contributed by atoms with Crippen molar-refractivity contribution in [1.82, 2.24) is 15.2 Å². The lowest BCUT2D eigenvalue weighted by Crippen LogP contribution is -2.22. The maximum Gasteiger partial charge on any atom is 0.238 e. The summed E-state index contributed by atoms with van der Waals surface area (Å²) >= 11 is 8.56. The van der Waals surface area contributed by atoms with Gasteiger partial charge in [-0.2, -0.15) is 0 Å². The van der Waals surface area contributed by atoms with E-state index in [1.54, 1.807) is 12.1 Å². The molecule has 9 heteroatoms. The molecule has 1 unspecified atom stereocenters. The van der Waals surface area contributed by atoms with Crippen LogP contribution in [0.2, 0.25) is 5.02 Å². The van der Waals surface area contributed by atoms with Crippen molar-refractivity contribution in [1.29, 1.82) is 0 Å². The Hall–Kier alpha value is -2.16. The smallest absolute Gasteiger partial charge is 0.238 e. The van der Waals surface area contributed by atoms with Crippen LogP contribution in [0.15, 0.2) is 40.9 Å². The normalized spacial score (nSPS) is 11.9. The van der Waals surface area contributed by atoms with E-state index in [4.69, 9.17) is 11.6 Å². The van der Waals surface area contributed by atoms with Crippen molar-refractivity contribution in [2.24, 2.45) is 0 Å². The number of rotatable bonds is 6. The molecule has 0 aliphatic carbocycles. The van der Waals surface area contributed by atoms with E-state index < -0.39 is 0 Å². The predicted octanol–water partition coefficient (Wildman–Crippen LogP) is 5.07. The first-order chi connectivity index (χ1) is 12.9. The summed E-state index contributed by atoms with van der Waals surface area (Å²) < 4.78 is 0.717. The quantitative estimate of drug-likeness (QED) is 0.543. The van der Waals surface area contributed by atoms with Crippen molar-refractivity contribution in [3.63, 3.8) is 0 Å². The number of nitrogens with zero attached hydrogens (tertiary/aromatic N) is 3. The highest BCUT2D eigenvalue weighted by Gasteiger charge is 2.18. The van der Waals surface area contributed by atoms with E-state index in [1.807, 2.05) is 19.1 Å². The Morgan fingerprint density at radius 2 is 2.04 bits per heavy atom. The van der Waals surface area contributed by atoms with Crippen LogP contribution in [0.4, 0.5) is 16.6 Å². The van der Waals surface area contributed by atoms with Crippen molar-refractivity contribution in [2.45, 2.75) is 30.4 Å². The van der Waals surface area contributed by atoms with Gasteiger partial charge in [-0.05, 0) is 50.1 Å². The van der Waals surface area contributed by atoms with E-state index in [1.165, 1.54) is 40.4 Å². The van der Waals surface area contributed by atoms with Gasteiger partial charge < -0.3 is 10.6 Å². The molecule has 0 aliphatic rings. The molecule has 6 nitrogen and oxygen atoms in total. The van der Waals surface area contributed by atoms with E-state index in [2.05, 4.69) is 45.7 Å². The monoisotopic (exact) mass is 419 g/mol. The minimum absolute atomic E-state index is 0.158. The Balaban J connectivity index is 1.60. The van der Waals surface area contributed by atoms with Crippen LogP contribution in [0, 0.1) is 13.8 Å². The van der Waals surface area contributed by atoms with E-state index in [0.717, 1.165) is 10.0 Å². The first kappa shape index (κ1) is 19.6. The molecule has 2 N–H and O–H groups in total. The van der Waals surface area contributed by atoms with E-state index in [-0.39, 0.29) is 11.2 Å². The maximum atomic E-state index is 12.3. The predicted molar refractivity (Wildman–Crippen MR) is 112 cm³/mol. The summed E-state index contributed by atoms with van der Waals surface area (Å²) in [6.45, 7) is 5.94. The van der Waals surface area contributed by atoms with Gasteiger partial charge in [0.15, 0.2) is 4.34 Å². The molecule has 27 heavy (non-hydrogen) atoms. The lowest BCUT2D eigenvalue weighted by atomic mass is 10.1. The van der Waals surface area contributed by atoms with Crippen LogP contribution in [-0.4, -0.2) is 26.3 Å². The molecule has 2 heterocycles. The molecule has 3 aromatic rings. The molecule has 140 valence electrons. The molecular weight excluding hydrogens is 402 g/mol. The number of carbonyl (C=O) groups is 1. The number of hydrogen-bond acceptors (Lipinski definition) is 7. The van der Waals surface area contributed by atoms with Crippen molar-refractivity contribution >= 4 is 57.2 Å². The number of halogens is 1. The Bertz CT molecular complexity index is 945. The third-order valence-corrected chi connectivity index (χ3v) is 6.12. The zero-order valence-corrected chi connectivity index (χ0v) is 17.4. The Kier molecular flexibility index (Phi) is 6.30. The average Bonchev–Trinajstić information content (AvgIpc) is 3.08. The molecule has 0 bridgehead atoms. The number of anilines is 3. The summed E-state index contributed by atoms with van der Waals surface area (Å²) in [5.74, 6) is 0.306. The first-order valence-electron chi connectivity index (χ1n) is 8.18. The Morgan fingerprint density at radius 3 is 2.78 bits per heavy atom. The van der Waals surface area contributed by atoms with Gasteiger partial charge in [0.25, 0.3) is 0 Å². The molecule has 3 rings (SSSR count). The van der Waals surface area contributed by atoms with Gasteiger partial charge in [0, 0.05) is 11.9 Å². The highest BCUT2D eigenvalue weighted by molar-refractivity contribution is 8.02. The highest BCUT2D eigenvalue weighted by atomic mass is 35.5. The number of benzene rings is 1.